The molecule has 0 aliphatic carbocycles. The second-order valence-electron chi connectivity index (χ2n) is 3.51. The average molecular weight is 208 g/mol. The van der Waals surface area contributed by atoms with Gasteiger partial charge in [-0.05, 0) is 18.2 Å². The molecule has 1 aromatic carbocycles. The summed E-state index contributed by atoms with van der Waals surface area (Å²) in [6.07, 6.45) is 1.60. The van der Waals surface area contributed by atoms with E-state index in [0.29, 0.717) is 11.3 Å². The molecule has 2 heterocycles. The van der Waals surface area contributed by atoms with Crippen LogP contribution in [0.5, 0.6) is 0 Å². The lowest BCUT2D eigenvalue weighted by Gasteiger charge is -1.91. The van der Waals surface area contributed by atoms with E-state index in [1.807, 2.05) is 36.4 Å². The maximum atomic E-state index is 9.19. The van der Waals surface area contributed by atoms with Crippen LogP contribution in [0.2, 0.25) is 0 Å². The van der Waals surface area contributed by atoms with Gasteiger partial charge in [0.2, 0.25) is 0 Å². The molecule has 0 aliphatic heterocycles. The Balaban J connectivity index is 2.38. The van der Waals surface area contributed by atoms with Crippen LogP contribution in [0.4, 0.5) is 0 Å². The highest BCUT2D eigenvalue weighted by Crippen LogP contribution is 2.29. The molecule has 3 nitrogen and oxygen atoms in total. The van der Waals surface area contributed by atoms with Crippen molar-refractivity contribution in [3.63, 3.8) is 0 Å². The molecule has 3 heteroatoms. The summed E-state index contributed by atoms with van der Waals surface area (Å²) in [5, 5.41) is 10.1. The number of fused-ring (bicyclic) bond motifs is 1. The molecule has 0 saturated heterocycles. The number of furan rings is 1. The lowest BCUT2D eigenvalue weighted by Crippen LogP contribution is -1.77. The molecule has 0 fully saturated rings. The van der Waals surface area contributed by atoms with Gasteiger partial charge in [0.25, 0.3) is 0 Å². The highest BCUT2D eigenvalue weighted by molar-refractivity contribution is 5.92. The number of benzene rings is 1. The summed E-state index contributed by atoms with van der Waals surface area (Å²) >= 11 is 0. The molecular weight excluding hydrogens is 200 g/mol. The third kappa shape index (κ3) is 1.14. The van der Waals surface area contributed by atoms with Gasteiger partial charge in [0.1, 0.15) is 11.8 Å². The number of aromatic nitrogens is 1. The van der Waals surface area contributed by atoms with Gasteiger partial charge in [-0.3, -0.25) is 0 Å². The summed E-state index contributed by atoms with van der Waals surface area (Å²) in [5.41, 5.74) is 2.32. The molecule has 0 saturated carbocycles. The predicted molar refractivity (Wildman–Crippen MR) is 60.7 cm³/mol. The molecule has 76 valence electrons. The lowest BCUT2D eigenvalue weighted by atomic mass is 10.1. The standard InChI is InChI=1S/C13H8N2O/c14-8-10-9-4-1-2-5-11(9)15-13(10)12-6-3-7-16-12/h1-7,15H. The van der Waals surface area contributed by atoms with Crippen LogP contribution < -0.4 is 0 Å². The summed E-state index contributed by atoms with van der Waals surface area (Å²) in [4.78, 5) is 3.20. The Morgan fingerprint density at radius 1 is 1.12 bits per heavy atom. The normalized spacial score (nSPS) is 10.4. The molecule has 0 amide bonds. The van der Waals surface area contributed by atoms with Gasteiger partial charge in [0.15, 0.2) is 5.76 Å². The van der Waals surface area contributed by atoms with Crippen molar-refractivity contribution < 1.29 is 4.42 Å². The zero-order chi connectivity index (χ0) is 11.0. The van der Waals surface area contributed by atoms with Gasteiger partial charge < -0.3 is 9.40 Å². The zero-order valence-corrected chi connectivity index (χ0v) is 8.40. The SMILES string of the molecule is N#Cc1c(-c2ccco2)[nH]c2ccccc12. The molecule has 0 spiro atoms. The quantitative estimate of drug-likeness (QED) is 0.667. The number of rotatable bonds is 1. The fourth-order valence-electron chi connectivity index (χ4n) is 1.86. The topological polar surface area (TPSA) is 52.7 Å². The summed E-state index contributed by atoms with van der Waals surface area (Å²) in [7, 11) is 0. The summed E-state index contributed by atoms with van der Waals surface area (Å²) in [6.45, 7) is 0. The van der Waals surface area contributed by atoms with Crippen molar-refractivity contribution in [1.82, 2.24) is 4.98 Å². The second-order valence-corrected chi connectivity index (χ2v) is 3.51. The van der Waals surface area contributed by atoms with Crippen LogP contribution in [0, 0.1) is 11.3 Å². The first-order valence-corrected chi connectivity index (χ1v) is 4.95. The molecule has 1 N–H and O–H groups in total. The number of hydrogen-bond donors (Lipinski definition) is 1. The fraction of sp³-hybridized carbons (Fsp3) is 0. The molecule has 0 atom stereocenters. The van der Waals surface area contributed by atoms with E-state index in [4.69, 9.17) is 4.42 Å². The second kappa shape index (κ2) is 3.28. The Kier molecular flexibility index (Phi) is 1.81. The number of aromatic amines is 1. The number of nitrogens with one attached hydrogen (secondary N) is 1. The van der Waals surface area contributed by atoms with E-state index in [1.54, 1.807) is 6.26 Å². The fourth-order valence-corrected chi connectivity index (χ4v) is 1.86. The first-order chi connectivity index (χ1) is 7.90. The van der Waals surface area contributed by atoms with Crippen molar-refractivity contribution in [2.24, 2.45) is 0 Å². The molecule has 0 unspecified atom stereocenters. The van der Waals surface area contributed by atoms with E-state index < -0.39 is 0 Å². The van der Waals surface area contributed by atoms with Gasteiger partial charge in [0.05, 0.1) is 11.8 Å². The van der Waals surface area contributed by atoms with Gasteiger partial charge in [-0.15, -0.1) is 0 Å². The van der Waals surface area contributed by atoms with Crippen LogP contribution in [0.25, 0.3) is 22.4 Å². The average Bonchev–Trinajstić information content (AvgIpc) is 2.95. The first kappa shape index (κ1) is 8.81. The van der Waals surface area contributed by atoms with Crippen molar-refractivity contribution in [2.45, 2.75) is 0 Å². The Hall–Kier alpha value is -2.47. The Bertz CT molecular complexity index is 672. The van der Waals surface area contributed by atoms with Crippen molar-refractivity contribution in [2.75, 3.05) is 0 Å². The van der Waals surface area contributed by atoms with Crippen LogP contribution in [0.1, 0.15) is 5.56 Å². The minimum atomic E-state index is 0.630. The smallest absolute Gasteiger partial charge is 0.151 e. The van der Waals surface area contributed by atoms with Crippen LogP contribution in [0.3, 0.4) is 0 Å². The minimum Gasteiger partial charge on any atom is -0.463 e. The molecule has 0 bridgehead atoms. The monoisotopic (exact) mass is 208 g/mol. The van der Waals surface area contributed by atoms with Crippen LogP contribution in [-0.4, -0.2) is 4.98 Å². The van der Waals surface area contributed by atoms with Crippen molar-refractivity contribution >= 4 is 10.9 Å². The van der Waals surface area contributed by atoms with Crippen LogP contribution in [0.15, 0.2) is 47.1 Å². The van der Waals surface area contributed by atoms with Gasteiger partial charge >= 0.3 is 0 Å². The van der Waals surface area contributed by atoms with Gasteiger partial charge in [-0.25, -0.2) is 0 Å². The van der Waals surface area contributed by atoms with E-state index in [1.165, 1.54) is 0 Å². The van der Waals surface area contributed by atoms with E-state index in [-0.39, 0.29) is 0 Å². The molecule has 3 rings (SSSR count). The van der Waals surface area contributed by atoms with E-state index in [9.17, 15) is 5.26 Å². The summed E-state index contributed by atoms with van der Waals surface area (Å²) < 4.78 is 5.31. The first-order valence-electron chi connectivity index (χ1n) is 4.95. The maximum Gasteiger partial charge on any atom is 0.151 e. The summed E-state index contributed by atoms with van der Waals surface area (Å²) in [6, 6.07) is 13.6. The van der Waals surface area contributed by atoms with E-state index in [2.05, 4.69) is 11.1 Å². The van der Waals surface area contributed by atoms with E-state index >= 15 is 0 Å². The number of para-hydroxylation sites is 1. The molecule has 0 radical (unpaired) electrons. The highest BCUT2D eigenvalue weighted by Gasteiger charge is 2.13. The number of nitrogens with zero attached hydrogens (tertiary/aromatic N) is 1. The lowest BCUT2D eigenvalue weighted by molar-refractivity contribution is 0.580. The van der Waals surface area contributed by atoms with Crippen molar-refractivity contribution in [3.8, 4) is 17.5 Å². The predicted octanol–water partition coefficient (Wildman–Crippen LogP) is 3.30. The minimum absolute atomic E-state index is 0.630. The zero-order valence-electron chi connectivity index (χ0n) is 8.40. The van der Waals surface area contributed by atoms with Gasteiger partial charge in [-0.2, -0.15) is 5.26 Å². The van der Waals surface area contributed by atoms with Crippen LogP contribution >= 0.6 is 0 Å². The van der Waals surface area contributed by atoms with Crippen molar-refractivity contribution in [3.05, 3.63) is 48.2 Å². The molecule has 3 aromatic rings. The Labute approximate surface area is 91.9 Å². The highest BCUT2D eigenvalue weighted by atomic mass is 16.3. The van der Waals surface area contributed by atoms with Gasteiger partial charge in [0, 0.05) is 10.9 Å². The molecule has 16 heavy (non-hydrogen) atoms. The molecule has 2 aromatic heterocycles. The molecule has 0 aliphatic rings. The Morgan fingerprint density at radius 2 is 2.00 bits per heavy atom. The largest absolute Gasteiger partial charge is 0.463 e. The summed E-state index contributed by atoms with van der Waals surface area (Å²) in [5.74, 6) is 0.688. The Morgan fingerprint density at radius 3 is 2.75 bits per heavy atom. The number of H-pyrrole nitrogens is 1. The third-order valence-electron chi connectivity index (χ3n) is 2.59. The maximum absolute atomic E-state index is 9.19. The number of hydrogen-bond acceptors (Lipinski definition) is 2. The number of nitriles is 1. The van der Waals surface area contributed by atoms with Crippen LogP contribution in [-0.2, 0) is 0 Å². The van der Waals surface area contributed by atoms with Gasteiger partial charge in [-0.1, -0.05) is 18.2 Å². The van der Waals surface area contributed by atoms with E-state index in [0.717, 1.165) is 16.6 Å². The molecular formula is C13H8N2O. The third-order valence-corrected chi connectivity index (χ3v) is 2.59. The van der Waals surface area contributed by atoms with Crippen molar-refractivity contribution in [1.29, 1.82) is 5.26 Å².